The van der Waals surface area contributed by atoms with E-state index < -0.39 is 0 Å². The number of hydrogen-bond acceptors (Lipinski definition) is 2. The second-order valence-electron chi connectivity index (χ2n) is 4.40. The molecule has 0 aliphatic rings. The smallest absolute Gasteiger partial charge is 0.250 e. The SMILES string of the molecule is Cn1nc(Cn2cc(Br)ccc2=O)c2ccccc21. The first-order valence-corrected chi connectivity index (χ1v) is 6.71. The number of hydrogen-bond donors (Lipinski definition) is 0. The van der Waals surface area contributed by atoms with E-state index in [-0.39, 0.29) is 5.56 Å². The summed E-state index contributed by atoms with van der Waals surface area (Å²) in [4.78, 5) is 11.8. The van der Waals surface area contributed by atoms with Gasteiger partial charge in [0, 0.05) is 29.2 Å². The molecule has 0 bridgehead atoms. The second-order valence-corrected chi connectivity index (χ2v) is 5.32. The predicted octanol–water partition coefficient (Wildman–Crippen LogP) is 2.55. The summed E-state index contributed by atoms with van der Waals surface area (Å²) in [6.45, 7) is 0.472. The van der Waals surface area contributed by atoms with E-state index in [9.17, 15) is 4.79 Å². The van der Waals surface area contributed by atoms with Gasteiger partial charge in [0.05, 0.1) is 17.8 Å². The Morgan fingerprint density at radius 1 is 1.21 bits per heavy atom. The Balaban J connectivity index is 2.11. The normalized spacial score (nSPS) is 11.1. The Labute approximate surface area is 118 Å². The minimum atomic E-state index is -0.0297. The maximum atomic E-state index is 11.8. The number of pyridine rings is 1. The summed E-state index contributed by atoms with van der Waals surface area (Å²) in [5.41, 5.74) is 1.94. The van der Waals surface area contributed by atoms with E-state index in [1.54, 1.807) is 22.9 Å². The Morgan fingerprint density at radius 2 is 2.00 bits per heavy atom. The van der Waals surface area contributed by atoms with E-state index in [0.29, 0.717) is 6.54 Å². The summed E-state index contributed by atoms with van der Waals surface area (Å²) < 4.78 is 4.37. The van der Waals surface area contributed by atoms with E-state index in [2.05, 4.69) is 21.0 Å². The number of aromatic nitrogens is 3. The lowest BCUT2D eigenvalue weighted by atomic mass is 10.2. The molecule has 2 heterocycles. The molecule has 0 spiro atoms. The lowest BCUT2D eigenvalue weighted by molar-refractivity contribution is 0.700. The first kappa shape index (κ1) is 12.2. The first-order valence-electron chi connectivity index (χ1n) is 5.92. The Hall–Kier alpha value is -1.88. The van der Waals surface area contributed by atoms with Crippen LogP contribution in [0.25, 0.3) is 10.9 Å². The van der Waals surface area contributed by atoms with E-state index in [1.165, 1.54) is 0 Å². The van der Waals surface area contributed by atoms with E-state index in [0.717, 1.165) is 21.1 Å². The largest absolute Gasteiger partial charge is 0.308 e. The van der Waals surface area contributed by atoms with Gasteiger partial charge in [-0.1, -0.05) is 18.2 Å². The second kappa shape index (κ2) is 4.66. The third kappa shape index (κ3) is 2.21. The van der Waals surface area contributed by atoms with Gasteiger partial charge in [-0.25, -0.2) is 0 Å². The highest BCUT2D eigenvalue weighted by Gasteiger charge is 2.09. The Kier molecular flexibility index (Phi) is 2.98. The lowest BCUT2D eigenvalue weighted by Crippen LogP contribution is -2.19. The van der Waals surface area contributed by atoms with Crippen molar-refractivity contribution in [1.29, 1.82) is 0 Å². The molecule has 5 heteroatoms. The number of fused-ring (bicyclic) bond motifs is 1. The van der Waals surface area contributed by atoms with Gasteiger partial charge in [0.25, 0.3) is 5.56 Å². The van der Waals surface area contributed by atoms with Gasteiger partial charge in [-0.05, 0) is 28.1 Å². The lowest BCUT2D eigenvalue weighted by Gasteiger charge is -2.03. The van der Waals surface area contributed by atoms with Crippen molar-refractivity contribution in [3.8, 4) is 0 Å². The summed E-state index contributed by atoms with van der Waals surface area (Å²) in [5, 5.41) is 5.58. The van der Waals surface area contributed by atoms with Gasteiger partial charge in [0.15, 0.2) is 0 Å². The molecule has 0 saturated carbocycles. The van der Waals surface area contributed by atoms with Gasteiger partial charge in [0.1, 0.15) is 0 Å². The molecule has 0 N–H and O–H groups in total. The molecule has 0 fully saturated rings. The average molecular weight is 318 g/mol. The fourth-order valence-corrected chi connectivity index (χ4v) is 2.57. The van der Waals surface area contributed by atoms with Crippen molar-refractivity contribution >= 4 is 26.8 Å². The topological polar surface area (TPSA) is 39.8 Å². The molecule has 0 atom stereocenters. The number of nitrogens with zero attached hydrogens (tertiary/aromatic N) is 3. The minimum Gasteiger partial charge on any atom is -0.308 e. The van der Waals surface area contributed by atoms with Crippen LogP contribution in [0.15, 0.2) is 51.9 Å². The molecular weight excluding hydrogens is 306 g/mol. The van der Waals surface area contributed by atoms with Crippen LogP contribution in [0.3, 0.4) is 0 Å². The molecule has 4 nitrogen and oxygen atoms in total. The zero-order valence-corrected chi connectivity index (χ0v) is 12.0. The molecular formula is C14H12BrN3O. The quantitative estimate of drug-likeness (QED) is 0.728. The van der Waals surface area contributed by atoms with Crippen LogP contribution in [0, 0.1) is 0 Å². The zero-order valence-electron chi connectivity index (χ0n) is 10.4. The maximum Gasteiger partial charge on any atom is 0.250 e. The van der Waals surface area contributed by atoms with E-state index >= 15 is 0 Å². The highest BCUT2D eigenvalue weighted by Crippen LogP contribution is 2.18. The zero-order chi connectivity index (χ0) is 13.4. The molecule has 0 aliphatic heterocycles. The van der Waals surface area contributed by atoms with Crippen LogP contribution in [0.1, 0.15) is 5.69 Å². The number of benzene rings is 1. The molecule has 3 aromatic rings. The van der Waals surface area contributed by atoms with Crippen molar-refractivity contribution in [3.05, 3.63) is 63.1 Å². The molecule has 0 radical (unpaired) electrons. The number of para-hydroxylation sites is 1. The summed E-state index contributed by atoms with van der Waals surface area (Å²) >= 11 is 3.38. The molecule has 19 heavy (non-hydrogen) atoms. The van der Waals surface area contributed by atoms with Gasteiger partial charge >= 0.3 is 0 Å². The highest BCUT2D eigenvalue weighted by atomic mass is 79.9. The highest BCUT2D eigenvalue weighted by molar-refractivity contribution is 9.10. The molecule has 0 amide bonds. The van der Waals surface area contributed by atoms with Crippen molar-refractivity contribution in [1.82, 2.24) is 14.3 Å². The van der Waals surface area contributed by atoms with Crippen molar-refractivity contribution < 1.29 is 0 Å². The summed E-state index contributed by atoms with van der Waals surface area (Å²) in [5.74, 6) is 0. The minimum absolute atomic E-state index is 0.0297. The van der Waals surface area contributed by atoms with Crippen LogP contribution in [0.5, 0.6) is 0 Å². The fourth-order valence-electron chi connectivity index (χ4n) is 2.19. The Bertz CT molecular complexity index is 804. The third-order valence-corrected chi connectivity index (χ3v) is 3.57. The standard InChI is InChI=1S/C14H12BrN3O/c1-17-13-5-3-2-4-11(13)12(16-17)9-18-8-10(15)6-7-14(18)19/h2-8H,9H2,1H3. The summed E-state index contributed by atoms with van der Waals surface area (Å²) in [6, 6.07) is 11.3. The van der Waals surface area contributed by atoms with Gasteiger partial charge in [-0.15, -0.1) is 0 Å². The monoisotopic (exact) mass is 317 g/mol. The van der Waals surface area contributed by atoms with Crippen molar-refractivity contribution in [2.24, 2.45) is 7.05 Å². The van der Waals surface area contributed by atoms with Gasteiger partial charge in [-0.3, -0.25) is 9.48 Å². The molecule has 1 aromatic carbocycles. The Morgan fingerprint density at radius 3 is 2.84 bits per heavy atom. The van der Waals surface area contributed by atoms with Gasteiger partial charge < -0.3 is 4.57 Å². The van der Waals surface area contributed by atoms with Gasteiger partial charge in [-0.2, -0.15) is 5.10 Å². The van der Waals surface area contributed by atoms with Crippen molar-refractivity contribution in [2.75, 3.05) is 0 Å². The fraction of sp³-hybridized carbons (Fsp3) is 0.143. The van der Waals surface area contributed by atoms with Crippen molar-refractivity contribution in [3.63, 3.8) is 0 Å². The molecule has 0 saturated heterocycles. The molecule has 0 aliphatic carbocycles. The van der Waals surface area contributed by atoms with Crippen molar-refractivity contribution in [2.45, 2.75) is 6.54 Å². The third-order valence-electron chi connectivity index (χ3n) is 3.10. The van der Waals surface area contributed by atoms with Crippen LogP contribution >= 0.6 is 15.9 Å². The maximum absolute atomic E-state index is 11.8. The average Bonchev–Trinajstić information content (AvgIpc) is 2.72. The molecule has 3 rings (SSSR count). The summed E-state index contributed by atoms with van der Waals surface area (Å²) in [7, 11) is 1.91. The molecule has 96 valence electrons. The van der Waals surface area contributed by atoms with Crippen LogP contribution in [-0.2, 0) is 13.6 Å². The van der Waals surface area contributed by atoms with Gasteiger partial charge in [0.2, 0.25) is 0 Å². The number of rotatable bonds is 2. The number of aryl methyl sites for hydroxylation is 1. The molecule has 2 aromatic heterocycles. The van der Waals surface area contributed by atoms with Crippen LogP contribution < -0.4 is 5.56 Å². The molecule has 0 unspecified atom stereocenters. The summed E-state index contributed by atoms with van der Waals surface area (Å²) in [6.07, 6.45) is 1.78. The van der Waals surface area contributed by atoms with E-state index in [1.807, 2.05) is 36.0 Å². The van der Waals surface area contributed by atoms with Crippen LogP contribution in [0.4, 0.5) is 0 Å². The predicted molar refractivity (Wildman–Crippen MR) is 78.2 cm³/mol. The van der Waals surface area contributed by atoms with Crippen LogP contribution in [-0.4, -0.2) is 14.3 Å². The van der Waals surface area contributed by atoms with Crippen LogP contribution in [0.2, 0.25) is 0 Å². The number of halogens is 1. The first-order chi connectivity index (χ1) is 9.15. The van der Waals surface area contributed by atoms with E-state index in [4.69, 9.17) is 0 Å².